The highest BCUT2D eigenvalue weighted by atomic mass is 16.1. The molecule has 0 spiro atoms. The number of hydrogen-bond acceptors (Lipinski definition) is 1. The lowest BCUT2D eigenvalue weighted by atomic mass is 9.53. The molecule has 1 N–H and O–H groups in total. The zero-order valence-electron chi connectivity index (χ0n) is 13.9. The summed E-state index contributed by atoms with van der Waals surface area (Å²) in [5.41, 5.74) is 3.05. The molecule has 4 saturated carbocycles. The van der Waals surface area contributed by atoms with E-state index in [-0.39, 0.29) is 5.54 Å². The summed E-state index contributed by atoms with van der Waals surface area (Å²) in [5.74, 6) is 3.45. The lowest BCUT2D eigenvalue weighted by Gasteiger charge is -2.57. The standard InChI is InChI=1S/C21H27NO/c23-20(10-18-6-5-17-3-1-2-4-19(17)18)22-21-11-14-7-15(12-21)9-16(8-14)13-21/h1-4,14-16,18H,5-13H2,(H,22,23). The lowest BCUT2D eigenvalue weighted by Crippen LogP contribution is -2.59. The fourth-order valence-corrected chi connectivity index (χ4v) is 6.69. The second kappa shape index (κ2) is 5.09. The molecule has 0 saturated heterocycles. The summed E-state index contributed by atoms with van der Waals surface area (Å²) < 4.78 is 0. The molecule has 4 bridgehead atoms. The molecule has 5 aliphatic rings. The number of hydrogen-bond donors (Lipinski definition) is 1. The summed E-state index contributed by atoms with van der Waals surface area (Å²) in [6, 6.07) is 8.70. The third kappa shape index (κ3) is 2.42. The quantitative estimate of drug-likeness (QED) is 0.891. The number of carbonyl (C=O) groups excluding carboxylic acids is 1. The van der Waals surface area contributed by atoms with Crippen LogP contribution in [0.15, 0.2) is 24.3 Å². The van der Waals surface area contributed by atoms with E-state index in [1.165, 1.54) is 49.7 Å². The first kappa shape index (κ1) is 14.1. The normalized spacial score (nSPS) is 40.2. The van der Waals surface area contributed by atoms with E-state index in [9.17, 15) is 4.79 Å². The third-order valence-corrected chi connectivity index (χ3v) is 7.13. The van der Waals surface area contributed by atoms with Crippen molar-refractivity contribution >= 4 is 5.91 Å². The molecule has 122 valence electrons. The van der Waals surface area contributed by atoms with Gasteiger partial charge in [0.15, 0.2) is 0 Å². The number of aryl methyl sites for hydroxylation is 1. The van der Waals surface area contributed by atoms with Crippen molar-refractivity contribution in [2.24, 2.45) is 17.8 Å². The summed E-state index contributed by atoms with van der Waals surface area (Å²) in [6.45, 7) is 0. The number of fused-ring (bicyclic) bond motifs is 1. The van der Waals surface area contributed by atoms with E-state index < -0.39 is 0 Å². The topological polar surface area (TPSA) is 29.1 Å². The van der Waals surface area contributed by atoms with Gasteiger partial charge in [-0.2, -0.15) is 0 Å². The summed E-state index contributed by atoms with van der Waals surface area (Å²) in [5, 5.41) is 3.54. The molecule has 0 heterocycles. The highest BCUT2D eigenvalue weighted by Gasteiger charge is 2.51. The Bertz CT molecular complexity index is 599. The highest BCUT2D eigenvalue weighted by molar-refractivity contribution is 5.78. The Morgan fingerprint density at radius 1 is 1.04 bits per heavy atom. The van der Waals surface area contributed by atoms with Gasteiger partial charge in [-0.15, -0.1) is 0 Å². The smallest absolute Gasteiger partial charge is 0.221 e. The Labute approximate surface area is 139 Å². The van der Waals surface area contributed by atoms with Crippen molar-refractivity contribution in [3.05, 3.63) is 35.4 Å². The molecule has 0 aromatic heterocycles. The maximum Gasteiger partial charge on any atom is 0.221 e. The van der Waals surface area contributed by atoms with Crippen LogP contribution in [0.2, 0.25) is 0 Å². The van der Waals surface area contributed by atoms with Crippen molar-refractivity contribution < 1.29 is 4.79 Å². The molecule has 5 aliphatic carbocycles. The molecule has 1 unspecified atom stereocenters. The van der Waals surface area contributed by atoms with Gasteiger partial charge in [-0.3, -0.25) is 4.79 Å². The van der Waals surface area contributed by atoms with Crippen LogP contribution in [0.25, 0.3) is 0 Å². The van der Waals surface area contributed by atoms with Crippen molar-refractivity contribution in [1.29, 1.82) is 0 Å². The Morgan fingerprint density at radius 2 is 1.70 bits per heavy atom. The molecule has 2 heteroatoms. The molecular weight excluding hydrogens is 282 g/mol. The van der Waals surface area contributed by atoms with E-state index in [2.05, 4.69) is 29.6 Å². The molecule has 0 radical (unpaired) electrons. The van der Waals surface area contributed by atoms with Gasteiger partial charge in [0.05, 0.1) is 0 Å². The SMILES string of the molecule is O=C(CC1CCc2ccccc21)NC12CC3CC(CC(C3)C1)C2. The van der Waals surface area contributed by atoms with Gasteiger partial charge in [-0.05, 0) is 86.2 Å². The van der Waals surface area contributed by atoms with E-state index >= 15 is 0 Å². The molecule has 6 rings (SSSR count). The minimum Gasteiger partial charge on any atom is -0.351 e. The van der Waals surface area contributed by atoms with Crippen LogP contribution in [0.4, 0.5) is 0 Å². The molecule has 1 aromatic carbocycles. The zero-order chi connectivity index (χ0) is 15.4. The van der Waals surface area contributed by atoms with E-state index in [1.54, 1.807) is 0 Å². The maximum absolute atomic E-state index is 12.8. The molecule has 1 aromatic rings. The number of carbonyl (C=O) groups is 1. The van der Waals surface area contributed by atoms with E-state index in [0.717, 1.165) is 30.6 Å². The summed E-state index contributed by atoms with van der Waals surface area (Å²) in [6.07, 6.45) is 11.1. The first-order chi connectivity index (χ1) is 11.2. The molecule has 0 aliphatic heterocycles. The molecule has 4 fully saturated rings. The van der Waals surface area contributed by atoms with Gasteiger partial charge < -0.3 is 5.32 Å². The van der Waals surface area contributed by atoms with Crippen molar-refractivity contribution in [3.8, 4) is 0 Å². The first-order valence-electron chi connectivity index (χ1n) is 9.58. The van der Waals surface area contributed by atoms with Gasteiger partial charge >= 0.3 is 0 Å². The van der Waals surface area contributed by atoms with Crippen molar-refractivity contribution in [2.75, 3.05) is 0 Å². The second-order valence-electron chi connectivity index (χ2n) is 8.88. The van der Waals surface area contributed by atoms with Crippen LogP contribution in [-0.4, -0.2) is 11.4 Å². The van der Waals surface area contributed by atoms with Crippen LogP contribution in [-0.2, 0) is 11.2 Å². The number of nitrogens with one attached hydrogen (secondary N) is 1. The lowest BCUT2D eigenvalue weighted by molar-refractivity contribution is -0.127. The minimum atomic E-state index is 0.171. The average Bonchev–Trinajstić information content (AvgIpc) is 2.88. The van der Waals surface area contributed by atoms with Crippen molar-refractivity contribution in [1.82, 2.24) is 5.32 Å². The summed E-state index contributed by atoms with van der Waals surface area (Å²) >= 11 is 0. The predicted octanol–water partition coefficient (Wildman–Crippen LogP) is 4.19. The van der Waals surface area contributed by atoms with Gasteiger partial charge in [-0.1, -0.05) is 24.3 Å². The van der Waals surface area contributed by atoms with E-state index in [1.807, 2.05) is 0 Å². The number of benzene rings is 1. The van der Waals surface area contributed by atoms with Crippen LogP contribution in [0, 0.1) is 17.8 Å². The largest absolute Gasteiger partial charge is 0.351 e. The Kier molecular flexibility index (Phi) is 3.11. The number of rotatable bonds is 3. The van der Waals surface area contributed by atoms with Crippen LogP contribution in [0.1, 0.15) is 68.4 Å². The molecule has 1 amide bonds. The third-order valence-electron chi connectivity index (χ3n) is 7.13. The van der Waals surface area contributed by atoms with Gasteiger partial charge in [0.2, 0.25) is 5.91 Å². The molecule has 2 nitrogen and oxygen atoms in total. The molecule has 1 atom stereocenters. The minimum absolute atomic E-state index is 0.171. The summed E-state index contributed by atoms with van der Waals surface area (Å²) in [4.78, 5) is 12.8. The molecule has 23 heavy (non-hydrogen) atoms. The van der Waals surface area contributed by atoms with Gasteiger partial charge in [0.1, 0.15) is 0 Å². The van der Waals surface area contributed by atoms with Gasteiger partial charge in [0, 0.05) is 12.0 Å². The second-order valence-corrected chi connectivity index (χ2v) is 8.88. The van der Waals surface area contributed by atoms with Crippen LogP contribution in [0.3, 0.4) is 0 Å². The maximum atomic E-state index is 12.8. The average molecular weight is 309 g/mol. The van der Waals surface area contributed by atoms with Crippen molar-refractivity contribution in [3.63, 3.8) is 0 Å². The number of amides is 1. The Morgan fingerprint density at radius 3 is 2.39 bits per heavy atom. The molecular formula is C21H27NO. The Balaban J connectivity index is 1.28. The van der Waals surface area contributed by atoms with Crippen molar-refractivity contribution in [2.45, 2.75) is 69.2 Å². The monoisotopic (exact) mass is 309 g/mol. The fraction of sp³-hybridized carbons (Fsp3) is 0.667. The van der Waals surface area contributed by atoms with E-state index in [4.69, 9.17) is 0 Å². The highest BCUT2D eigenvalue weighted by Crippen LogP contribution is 2.55. The van der Waals surface area contributed by atoms with Gasteiger partial charge in [0.25, 0.3) is 0 Å². The zero-order valence-corrected chi connectivity index (χ0v) is 13.9. The van der Waals surface area contributed by atoms with Crippen LogP contribution in [0.5, 0.6) is 0 Å². The predicted molar refractivity (Wildman–Crippen MR) is 91.2 cm³/mol. The van der Waals surface area contributed by atoms with Gasteiger partial charge in [-0.25, -0.2) is 0 Å². The Hall–Kier alpha value is -1.31. The van der Waals surface area contributed by atoms with E-state index in [0.29, 0.717) is 18.2 Å². The summed E-state index contributed by atoms with van der Waals surface area (Å²) in [7, 11) is 0. The fourth-order valence-electron chi connectivity index (χ4n) is 6.69. The van der Waals surface area contributed by atoms with Crippen LogP contribution >= 0.6 is 0 Å². The first-order valence-corrected chi connectivity index (χ1v) is 9.58. The van der Waals surface area contributed by atoms with Crippen LogP contribution < -0.4 is 5.32 Å².